The summed E-state index contributed by atoms with van der Waals surface area (Å²) >= 11 is 1.57. The number of nitrogens with zero attached hydrogens (tertiary/aromatic N) is 1. The fraction of sp³-hybridized carbons (Fsp3) is 0.486. The molecule has 238 valence electrons. The highest BCUT2D eigenvalue weighted by Gasteiger charge is 2.23. The number of thioether (sulfide) groups is 1. The summed E-state index contributed by atoms with van der Waals surface area (Å²) in [5, 5.41) is 12.2. The van der Waals surface area contributed by atoms with Crippen molar-refractivity contribution in [2.45, 2.75) is 65.5 Å². The molecule has 1 amide bonds. The Labute approximate surface area is 263 Å². The number of carboxylic acid groups (broad SMARTS) is 1. The zero-order valence-corrected chi connectivity index (χ0v) is 28.0. The van der Waals surface area contributed by atoms with E-state index in [9.17, 15) is 14.7 Å². The molecule has 0 aromatic heterocycles. The smallest absolute Gasteiger partial charge is 0.326 e. The molecule has 8 heteroatoms. The number of aryl methyl sites for hydroxylation is 1. The first-order valence-electron chi connectivity index (χ1n) is 15.1. The summed E-state index contributed by atoms with van der Waals surface area (Å²) in [5.74, 6) is 0.336. The number of ether oxygens (including phenoxy) is 2. The topological polar surface area (TPSA) is 88.1 Å². The fourth-order valence-corrected chi connectivity index (χ4v) is 5.13. The van der Waals surface area contributed by atoms with Crippen LogP contribution in [0.4, 0.5) is 0 Å². The lowest BCUT2D eigenvalue weighted by molar-refractivity contribution is -0.139. The number of likely N-dealkylation sites (tertiary alicyclic amines) is 1. The van der Waals surface area contributed by atoms with Gasteiger partial charge in [-0.15, -0.1) is 0 Å². The van der Waals surface area contributed by atoms with Crippen LogP contribution in [0.5, 0.6) is 0 Å². The van der Waals surface area contributed by atoms with Crippen LogP contribution in [-0.4, -0.2) is 74.4 Å². The van der Waals surface area contributed by atoms with Gasteiger partial charge in [0.1, 0.15) is 11.8 Å². The van der Waals surface area contributed by atoms with Gasteiger partial charge in [-0.05, 0) is 111 Å². The third-order valence-electron chi connectivity index (χ3n) is 6.78. The van der Waals surface area contributed by atoms with Crippen molar-refractivity contribution in [2.24, 2.45) is 0 Å². The minimum absolute atomic E-state index is 0.338. The maximum absolute atomic E-state index is 13.1. The Morgan fingerprint density at radius 2 is 1.70 bits per heavy atom. The van der Waals surface area contributed by atoms with Crippen molar-refractivity contribution in [1.82, 2.24) is 10.2 Å². The molecule has 0 bridgehead atoms. The van der Waals surface area contributed by atoms with E-state index in [1.54, 1.807) is 33.1 Å². The Hall–Kier alpha value is -3.07. The normalized spacial score (nSPS) is 14.4. The van der Waals surface area contributed by atoms with Crippen molar-refractivity contribution >= 4 is 23.6 Å². The van der Waals surface area contributed by atoms with Crippen LogP contribution < -0.4 is 5.32 Å². The summed E-state index contributed by atoms with van der Waals surface area (Å²) in [7, 11) is 4.95. The maximum Gasteiger partial charge on any atom is 0.326 e. The van der Waals surface area contributed by atoms with Crippen LogP contribution in [0.2, 0.25) is 0 Å². The molecule has 1 atom stereocenters. The van der Waals surface area contributed by atoms with E-state index in [2.05, 4.69) is 33.2 Å². The number of benzene rings is 2. The fourth-order valence-electron chi connectivity index (χ4n) is 4.65. The highest BCUT2D eigenvalue weighted by atomic mass is 32.2. The standard InChI is InChI=1S/C24H30N2O3S.C7H10O.C2H6O.C2H6/c1-17-7-3-4-8-19(17)21-15-18(16-26-12-5-6-13-26)9-10-20(21)23(27)25-22(24(28)29)11-14-30-2;1-8-7-5-3-2-4-6-7;1-3-2;1-2/h3-4,7-10,15,22H,5-6,11-14,16H2,1-2H3,(H,25,27)(H,28,29);3,5-6H,2,4H2,1H3;1-2H3;1-2H3. The SMILES string of the molecule is CC.COC.COC1=CCCC=C1.CSCCC(NC(=O)c1ccc(CN2CCCC2)cc1-c1ccccc1C)C(=O)O. The summed E-state index contributed by atoms with van der Waals surface area (Å²) in [6, 6.07) is 13.0. The van der Waals surface area contributed by atoms with E-state index in [1.807, 2.05) is 69.5 Å². The number of methoxy groups -OCH3 is 2. The molecular formula is C35H52N2O5S. The number of carboxylic acids is 1. The first-order valence-corrected chi connectivity index (χ1v) is 16.5. The van der Waals surface area contributed by atoms with Gasteiger partial charge in [0.2, 0.25) is 0 Å². The molecule has 2 aromatic carbocycles. The Kier molecular flexibility index (Phi) is 19.8. The van der Waals surface area contributed by atoms with Gasteiger partial charge in [-0.2, -0.15) is 11.8 Å². The molecule has 0 spiro atoms. The van der Waals surface area contributed by atoms with Gasteiger partial charge in [0.05, 0.1) is 7.11 Å². The van der Waals surface area contributed by atoms with E-state index in [4.69, 9.17) is 4.74 Å². The molecule has 1 heterocycles. The summed E-state index contributed by atoms with van der Waals surface area (Å²) in [4.78, 5) is 27.1. The minimum atomic E-state index is -1.000. The predicted octanol–water partition coefficient (Wildman–Crippen LogP) is 7.35. The largest absolute Gasteiger partial charge is 0.497 e. The Balaban J connectivity index is 0.000000594. The molecule has 7 nitrogen and oxygen atoms in total. The third kappa shape index (κ3) is 13.8. The minimum Gasteiger partial charge on any atom is -0.497 e. The molecule has 0 saturated carbocycles. The number of hydrogen-bond donors (Lipinski definition) is 2. The van der Waals surface area contributed by atoms with Crippen molar-refractivity contribution in [3.05, 3.63) is 83.1 Å². The highest BCUT2D eigenvalue weighted by molar-refractivity contribution is 7.98. The zero-order chi connectivity index (χ0) is 32.0. The van der Waals surface area contributed by atoms with Gasteiger partial charge < -0.3 is 19.9 Å². The number of carbonyl (C=O) groups is 2. The second kappa shape index (κ2) is 22.5. The number of allylic oxidation sites excluding steroid dienone is 3. The molecule has 1 fully saturated rings. The van der Waals surface area contributed by atoms with Gasteiger partial charge in [-0.1, -0.05) is 50.3 Å². The van der Waals surface area contributed by atoms with Crippen LogP contribution in [0.3, 0.4) is 0 Å². The molecule has 1 unspecified atom stereocenters. The van der Waals surface area contributed by atoms with E-state index in [1.165, 1.54) is 18.4 Å². The van der Waals surface area contributed by atoms with Gasteiger partial charge >= 0.3 is 5.97 Å². The number of nitrogens with one attached hydrogen (secondary N) is 1. The second-order valence-electron chi connectivity index (χ2n) is 10.0. The molecular weight excluding hydrogens is 560 g/mol. The van der Waals surface area contributed by atoms with Gasteiger partial charge in [0.15, 0.2) is 0 Å². The summed E-state index contributed by atoms with van der Waals surface area (Å²) < 4.78 is 9.22. The van der Waals surface area contributed by atoms with Crippen LogP contribution in [0.15, 0.2) is 66.5 Å². The lowest BCUT2D eigenvalue weighted by atomic mass is 9.93. The number of rotatable bonds is 10. The van der Waals surface area contributed by atoms with E-state index in [0.717, 1.165) is 54.9 Å². The Morgan fingerprint density at radius 3 is 2.23 bits per heavy atom. The maximum atomic E-state index is 13.1. The molecule has 2 aromatic rings. The lowest BCUT2D eigenvalue weighted by Crippen LogP contribution is -2.41. The van der Waals surface area contributed by atoms with Crippen LogP contribution in [0.25, 0.3) is 11.1 Å². The van der Waals surface area contributed by atoms with Crippen LogP contribution >= 0.6 is 11.8 Å². The molecule has 0 radical (unpaired) electrons. The van der Waals surface area contributed by atoms with Crippen molar-refractivity contribution in [3.63, 3.8) is 0 Å². The van der Waals surface area contributed by atoms with E-state index >= 15 is 0 Å². The average Bonchev–Trinajstić information content (AvgIpc) is 3.54. The highest BCUT2D eigenvalue weighted by Crippen LogP contribution is 2.29. The van der Waals surface area contributed by atoms with Gasteiger partial charge in [-0.25, -0.2) is 4.79 Å². The predicted molar refractivity (Wildman–Crippen MR) is 181 cm³/mol. The number of aliphatic carboxylic acids is 1. The van der Waals surface area contributed by atoms with Crippen molar-refractivity contribution in [1.29, 1.82) is 0 Å². The van der Waals surface area contributed by atoms with E-state index in [-0.39, 0.29) is 5.91 Å². The lowest BCUT2D eigenvalue weighted by Gasteiger charge is -2.19. The van der Waals surface area contributed by atoms with Crippen molar-refractivity contribution in [3.8, 4) is 11.1 Å². The zero-order valence-electron chi connectivity index (χ0n) is 27.2. The number of carbonyl (C=O) groups excluding carboxylic acids is 1. The van der Waals surface area contributed by atoms with Gasteiger partial charge in [0, 0.05) is 26.3 Å². The molecule has 4 rings (SSSR count). The average molecular weight is 613 g/mol. The van der Waals surface area contributed by atoms with Crippen LogP contribution in [-0.2, 0) is 20.8 Å². The molecule has 1 saturated heterocycles. The first-order chi connectivity index (χ1) is 20.8. The summed E-state index contributed by atoms with van der Waals surface area (Å²) in [5.41, 5.74) is 4.63. The van der Waals surface area contributed by atoms with Crippen LogP contribution in [0.1, 0.15) is 67.4 Å². The number of amides is 1. The Morgan fingerprint density at radius 1 is 1.02 bits per heavy atom. The first kappa shape index (κ1) is 38.0. The van der Waals surface area contributed by atoms with Gasteiger partial charge in [0.25, 0.3) is 5.91 Å². The van der Waals surface area contributed by atoms with E-state index in [0.29, 0.717) is 17.7 Å². The third-order valence-corrected chi connectivity index (χ3v) is 7.42. The van der Waals surface area contributed by atoms with Crippen molar-refractivity contribution in [2.75, 3.05) is 46.4 Å². The Bertz CT molecular complexity index is 1160. The summed E-state index contributed by atoms with van der Waals surface area (Å²) in [6.07, 6.45) is 13.3. The molecule has 2 aliphatic rings. The molecule has 1 aliphatic heterocycles. The van der Waals surface area contributed by atoms with Crippen molar-refractivity contribution < 1.29 is 24.2 Å². The van der Waals surface area contributed by atoms with Crippen LogP contribution in [0, 0.1) is 6.92 Å². The quantitative estimate of drug-likeness (QED) is 0.290. The van der Waals surface area contributed by atoms with Gasteiger partial charge in [-0.3, -0.25) is 9.69 Å². The molecule has 2 N–H and O–H groups in total. The molecule has 43 heavy (non-hydrogen) atoms. The summed E-state index contributed by atoms with van der Waals surface area (Å²) in [6.45, 7) is 9.12. The molecule has 1 aliphatic carbocycles. The second-order valence-corrected chi connectivity index (χ2v) is 11.0. The monoisotopic (exact) mass is 612 g/mol. The number of hydrogen-bond acceptors (Lipinski definition) is 6. The van der Waals surface area contributed by atoms with E-state index < -0.39 is 12.0 Å².